The van der Waals surface area contributed by atoms with Crippen LogP contribution in [0.3, 0.4) is 0 Å². The molecule has 1 aromatic rings. The maximum atomic E-state index is 5.75. The maximum absolute atomic E-state index is 5.75. The predicted octanol–water partition coefficient (Wildman–Crippen LogP) is 2.48. The molecule has 0 saturated carbocycles. The minimum Gasteiger partial charge on any atom is -0.489 e. The molecule has 1 heterocycles. The van der Waals surface area contributed by atoms with Gasteiger partial charge in [-0.15, -0.1) is 0 Å². The van der Waals surface area contributed by atoms with E-state index in [0.29, 0.717) is 17.4 Å². The van der Waals surface area contributed by atoms with Crippen LogP contribution in [0.5, 0.6) is 11.6 Å². The zero-order valence-corrected chi connectivity index (χ0v) is 11.0. The average molecular weight is 239 g/mol. The summed E-state index contributed by atoms with van der Waals surface area (Å²) < 4.78 is 11.0. The van der Waals surface area contributed by atoms with Crippen molar-refractivity contribution in [3.05, 3.63) is 6.33 Å². The molecule has 1 unspecified atom stereocenters. The van der Waals surface area contributed by atoms with Crippen molar-refractivity contribution in [2.24, 2.45) is 0 Å². The van der Waals surface area contributed by atoms with E-state index in [-0.39, 0.29) is 6.10 Å². The zero-order chi connectivity index (χ0) is 12.7. The Morgan fingerprint density at radius 2 is 2.12 bits per heavy atom. The third-order valence-electron chi connectivity index (χ3n) is 2.33. The largest absolute Gasteiger partial charge is 0.489 e. The number of methoxy groups -OCH3 is 1. The lowest BCUT2D eigenvalue weighted by molar-refractivity contribution is 0.192. The molecule has 0 radical (unpaired) electrons. The van der Waals surface area contributed by atoms with Gasteiger partial charge in [0.1, 0.15) is 6.33 Å². The molecule has 0 amide bonds. The molecule has 0 aromatic carbocycles. The predicted molar refractivity (Wildman–Crippen MR) is 67.7 cm³/mol. The van der Waals surface area contributed by atoms with Gasteiger partial charge in [0.15, 0.2) is 5.82 Å². The molecule has 1 rings (SSSR count). The first kappa shape index (κ1) is 13.5. The Hall–Kier alpha value is -1.52. The third-order valence-corrected chi connectivity index (χ3v) is 2.33. The fraction of sp³-hybridized carbons (Fsp3) is 0.667. The van der Waals surface area contributed by atoms with E-state index in [9.17, 15) is 0 Å². The highest BCUT2D eigenvalue weighted by molar-refractivity contribution is 5.54. The Bertz CT molecular complexity index is 345. The van der Waals surface area contributed by atoms with E-state index >= 15 is 0 Å². The first-order valence-electron chi connectivity index (χ1n) is 6.02. The van der Waals surface area contributed by atoms with E-state index in [4.69, 9.17) is 9.47 Å². The van der Waals surface area contributed by atoms with Gasteiger partial charge in [-0.1, -0.05) is 13.3 Å². The summed E-state index contributed by atoms with van der Waals surface area (Å²) in [4.78, 5) is 8.24. The van der Waals surface area contributed by atoms with Crippen LogP contribution in [0.1, 0.15) is 33.6 Å². The fourth-order valence-electron chi connectivity index (χ4n) is 1.57. The van der Waals surface area contributed by atoms with Crippen molar-refractivity contribution in [3.8, 4) is 11.6 Å². The minimum absolute atomic E-state index is 0.123. The van der Waals surface area contributed by atoms with Crippen LogP contribution < -0.4 is 14.8 Å². The topological polar surface area (TPSA) is 56.3 Å². The number of anilines is 1. The number of hydrogen-bond acceptors (Lipinski definition) is 5. The Morgan fingerprint density at radius 1 is 1.35 bits per heavy atom. The van der Waals surface area contributed by atoms with Gasteiger partial charge in [-0.05, 0) is 20.3 Å². The Balaban J connectivity index is 2.86. The molecule has 0 fully saturated rings. The lowest BCUT2D eigenvalue weighted by Gasteiger charge is -2.16. The van der Waals surface area contributed by atoms with Crippen LogP contribution >= 0.6 is 0 Å². The van der Waals surface area contributed by atoms with Crippen molar-refractivity contribution in [1.82, 2.24) is 9.97 Å². The van der Waals surface area contributed by atoms with Crippen molar-refractivity contribution in [3.63, 3.8) is 0 Å². The monoisotopic (exact) mass is 239 g/mol. The van der Waals surface area contributed by atoms with Gasteiger partial charge in [0.2, 0.25) is 5.75 Å². The molecule has 5 nitrogen and oxygen atoms in total. The quantitative estimate of drug-likeness (QED) is 0.792. The molecular weight excluding hydrogens is 218 g/mol. The average Bonchev–Trinajstić information content (AvgIpc) is 2.30. The SMILES string of the molecule is CCCC(C)Oc1ncnc(NCC)c1OC. The summed E-state index contributed by atoms with van der Waals surface area (Å²) in [5, 5.41) is 3.12. The summed E-state index contributed by atoms with van der Waals surface area (Å²) in [7, 11) is 1.59. The Kier molecular flexibility index (Phi) is 5.52. The van der Waals surface area contributed by atoms with Crippen LogP contribution in [0, 0.1) is 0 Å². The summed E-state index contributed by atoms with van der Waals surface area (Å²) in [5.74, 6) is 1.74. The standard InChI is InChI=1S/C12H21N3O2/c1-5-7-9(3)17-12-10(16-4)11(13-6-2)14-8-15-12/h8-9H,5-7H2,1-4H3,(H,13,14,15). The van der Waals surface area contributed by atoms with Crippen molar-refractivity contribution in [2.45, 2.75) is 39.7 Å². The number of hydrogen-bond donors (Lipinski definition) is 1. The van der Waals surface area contributed by atoms with Crippen LogP contribution in [0.4, 0.5) is 5.82 Å². The molecule has 0 saturated heterocycles. The minimum atomic E-state index is 0.123. The second-order valence-electron chi connectivity index (χ2n) is 3.81. The number of rotatable bonds is 7. The van der Waals surface area contributed by atoms with Crippen molar-refractivity contribution < 1.29 is 9.47 Å². The second kappa shape index (κ2) is 6.93. The summed E-state index contributed by atoms with van der Waals surface area (Å²) in [6.07, 6.45) is 3.67. The zero-order valence-electron chi connectivity index (χ0n) is 11.0. The molecule has 0 spiro atoms. The molecule has 1 aromatic heterocycles. The maximum Gasteiger partial charge on any atom is 0.262 e. The van der Waals surface area contributed by atoms with Crippen LogP contribution in [0.15, 0.2) is 6.33 Å². The van der Waals surface area contributed by atoms with Crippen LogP contribution in [-0.4, -0.2) is 29.7 Å². The van der Waals surface area contributed by atoms with E-state index in [1.165, 1.54) is 6.33 Å². The molecule has 1 atom stereocenters. The van der Waals surface area contributed by atoms with Gasteiger partial charge in [0.05, 0.1) is 13.2 Å². The molecule has 0 aliphatic carbocycles. The summed E-state index contributed by atoms with van der Waals surface area (Å²) in [5.41, 5.74) is 0. The Morgan fingerprint density at radius 3 is 2.71 bits per heavy atom. The van der Waals surface area contributed by atoms with Crippen molar-refractivity contribution in [2.75, 3.05) is 19.0 Å². The van der Waals surface area contributed by atoms with Gasteiger partial charge < -0.3 is 14.8 Å². The van der Waals surface area contributed by atoms with Crippen LogP contribution in [-0.2, 0) is 0 Å². The van der Waals surface area contributed by atoms with E-state index in [2.05, 4.69) is 22.2 Å². The molecule has 0 bridgehead atoms. The van der Waals surface area contributed by atoms with E-state index in [1.54, 1.807) is 7.11 Å². The normalized spacial score (nSPS) is 12.0. The number of ether oxygens (including phenoxy) is 2. The second-order valence-corrected chi connectivity index (χ2v) is 3.81. The van der Waals surface area contributed by atoms with Gasteiger partial charge in [-0.3, -0.25) is 0 Å². The number of aromatic nitrogens is 2. The van der Waals surface area contributed by atoms with Gasteiger partial charge >= 0.3 is 0 Å². The van der Waals surface area contributed by atoms with Gasteiger partial charge in [0, 0.05) is 6.54 Å². The molecular formula is C12H21N3O2. The molecule has 5 heteroatoms. The molecule has 0 aliphatic rings. The molecule has 96 valence electrons. The lowest BCUT2D eigenvalue weighted by atomic mass is 10.2. The number of nitrogens with one attached hydrogen (secondary N) is 1. The molecule has 17 heavy (non-hydrogen) atoms. The highest BCUT2D eigenvalue weighted by atomic mass is 16.5. The highest BCUT2D eigenvalue weighted by Crippen LogP contribution is 2.31. The fourth-order valence-corrected chi connectivity index (χ4v) is 1.57. The third kappa shape index (κ3) is 3.76. The van der Waals surface area contributed by atoms with Crippen LogP contribution in [0.2, 0.25) is 0 Å². The van der Waals surface area contributed by atoms with Gasteiger partial charge in [0.25, 0.3) is 5.88 Å². The van der Waals surface area contributed by atoms with Crippen LogP contribution in [0.25, 0.3) is 0 Å². The summed E-state index contributed by atoms with van der Waals surface area (Å²) in [6.45, 7) is 6.93. The van der Waals surface area contributed by atoms with E-state index in [0.717, 1.165) is 19.4 Å². The first-order chi connectivity index (χ1) is 8.22. The van der Waals surface area contributed by atoms with Crippen molar-refractivity contribution >= 4 is 5.82 Å². The first-order valence-corrected chi connectivity index (χ1v) is 6.02. The summed E-state index contributed by atoms with van der Waals surface area (Å²) >= 11 is 0. The highest BCUT2D eigenvalue weighted by Gasteiger charge is 2.15. The van der Waals surface area contributed by atoms with Gasteiger partial charge in [-0.25, -0.2) is 4.98 Å². The van der Waals surface area contributed by atoms with Gasteiger partial charge in [-0.2, -0.15) is 4.98 Å². The smallest absolute Gasteiger partial charge is 0.262 e. The van der Waals surface area contributed by atoms with Crippen molar-refractivity contribution in [1.29, 1.82) is 0 Å². The molecule has 1 N–H and O–H groups in total. The summed E-state index contributed by atoms with van der Waals surface area (Å²) in [6, 6.07) is 0. The van der Waals surface area contributed by atoms with E-state index in [1.807, 2.05) is 13.8 Å². The Labute approximate surface area is 103 Å². The molecule has 0 aliphatic heterocycles. The van der Waals surface area contributed by atoms with E-state index < -0.39 is 0 Å². The lowest BCUT2D eigenvalue weighted by Crippen LogP contribution is -2.14. The number of nitrogens with zero attached hydrogens (tertiary/aromatic N) is 2.